The number of alkyl halides is 2. The number of para-hydroxylation sites is 2. The first kappa shape index (κ1) is 18.7. The van der Waals surface area contributed by atoms with Gasteiger partial charge < -0.3 is 4.74 Å². The number of rotatable bonds is 5. The molecule has 1 aromatic carbocycles. The first-order valence-corrected chi connectivity index (χ1v) is 10.2. The van der Waals surface area contributed by atoms with Gasteiger partial charge in [-0.2, -0.15) is 20.1 Å². The maximum atomic E-state index is 13.6. The average Bonchev–Trinajstić information content (AvgIpc) is 3.38. The fraction of sp³-hybridized carbons (Fsp3) is 0.211. The molecule has 0 N–H and O–H groups in total. The lowest BCUT2D eigenvalue weighted by molar-refractivity contribution is 0.0237. The molecule has 9 heteroatoms. The second-order valence-corrected chi connectivity index (χ2v) is 7.88. The average molecular weight is 419 g/mol. The molecule has 0 saturated heterocycles. The van der Waals surface area contributed by atoms with Crippen LogP contribution < -0.4 is 0 Å². The largest absolute Gasteiger partial charge is 0.450 e. The Bertz CT molecular complexity index is 1140. The van der Waals surface area contributed by atoms with E-state index in [0.717, 1.165) is 15.1 Å². The predicted molar refractivity (Wildman–Crippen MR) is 105 cm³/mol. The fourth-order valence-electron chi connectivity index (χ4n) is 2.92. The number of aryl methyl sites for hydroxylation is 1. The van der Waals surface area contributed by atoms with Crippen molar-refractivity contribution in [2.45, 2.75) is 26.5 Å². The van der Waals surface area contributed by atoms with Crippen molar-refractivity contribution in [2.75, 3.05) is 0 Å². The number of hydrogen-bond acceptors (Lipinski definition) is 6. The molecule has 0 saturated carbocycles. The molecule has 5 nitrogen and oxygen atoms in total. The van der Waals surface area contributed by atoms with Crippen molar-refractivity contribution in [3.05, 3.63) is 57.5 Å². The second-order valence-electron chi connectivity index (χ2n) is 6.10. The minimum absolute atomic E-state index is 0.00442. The van der Waals surface area contributed by atoms with Crippen molar-refractivity contribution >= 4 is 39.7 Å². The first-order chi connectivity index (χ1) is 13.5. The molecule has 28 heavy (non-hydrogen) atoms. The quantitative estimate of drug-likeness (QED) is 0.381. The van der Waals surface area contributed by atoms with Crippen LogP contribution in [0.25, 0.3) is 21.6 Å². The second kappa shape index (κ2) is 7.40. The van der Waals surface area contributed by atoms with E-state index in [2.05, 4.69) is 9.97 Å². The third-order valence-corrected chi connectivity index (χ3v) is 6.09. The molecular weight excluding hydrogens is 404 g/mol. The summed E-state index contributed by atoms with van der Waals surface area (Å²) >= 11 is 2.76. The maximum Gasteiger partial charge on any atom is 0.350 e. The Morgan fingerprint density at radius 3 is 2.71 bits per heavy atom. The molecule has 0 spiro atoms. The van der Waals surface area contributed by atoms with Crippen molar-refractivity contribution in [2.24, 2.45) is 0 Å². The number of thiophene rings is 1. The molecule has 4 rings (SSSR count). The van der Waals surface area contributed by atoms with E-state index in [1.54, 1.807) is 42.5 Å². The van der Waals surface area contributed by atoms with Gasteiger partial charge in [0.2, 0.25) is 0 Å². The molecule has 0 fully saturated rings. The SMILES string of the molecule is Cc1nc(-c2ccsc2)sc1C(=O)OC(C)c1nc2ccccc2n1C(F)F. The van der Waals surface area contributed by atoms with E-state index in [9.17, 15) is 13.6 Å². The summed E-state index contributed by atoms with van der Waals surface area (Å²) in [5.74, 6) is -0.596. The van der Waals surface area contributed by atoms with Crippen LogP contribution in [0.3, 0.4) is 0 Å². The third kappa shape index (κ3) is 3.31. The number of aromatic nitrogens is 3. The number of thiazole rings is 1. The highest BCUT2D eigenvalue weighted by molar-refractivity contribution is 7.17. The van der Waals surface area contributed by atoms with Crippen LogP contribution in [0.4, 0.5) is 8.78 Å². The van der Waals surface area contributed by atoms with Crippen molar-refractivity contribution in [3.8, 4) is 10.6 Å². The van der Waals surface area contributed by atoms with Gasteiger partial charge in [-0.25, -0.2) is 14.8 Å². The van der Waals surface area contributed by atoms with Crippen LogP contribution in [0.5, 0.6) is 0 Å². The lowest BCUT2D eigenvalue weighted by Gasteiger charge is -2.14. The zero-order chi connectivity index (χ0) is 19.8. The van der Waals surface area contributed by atoms with Gasteiger partial charge in [-0.3, -0.25) is 4.57 Å². The number of esters is 1. The lowest BCUT2D eigenvalue weighted by Crippen LogP contribution is -2.14. The molecule has 0 aliphatic rings. The lowest BCUT2D eigenvalue weighted by atomic mass is 10.3. The Morgan fingerprint density at radius 1 is 1.21 bits per heavy atom. The minimum Gasteiger partial charge on any atom is -0.450 e. The first-order valence-electron chi connectivity index (χ1n) is 8.41. The summed E-state index contributed by atoms with van der Waals surface area (Å²) in [4.78, 5) is 21.7. The van der Waals surface area contributed by atoms with E-state index >= 15 is 0 Å². The van der Waals surface area contributed by atoms with Gasteiger partial charge in [0.1, 0.15) is 9.88 Å². The Balaban J connectivity index is 1.62. The predicted octanol–water partition coefficient (Wildman–Crippen LogP) is 5.84. The highest BCUT2D eigenvalue weighted by atomic mass is 32.1. The van der Waals surface area contributed by atoms with E-state index in [1.165, 1.54) is 18.3 Å². The Kier molecular flexibility index (Phi) is 4.94. The molecular formula is C19H15F2N3O2S2. The molecule has 144 valence electrons. The molecule has 1 unspecified atom stereocenters. The number of halogens is 2. The molecule has 1 atom stereocenters. The molecule has 0 aliphatic carbocycles. The summed E-state index contributed by atoms with van der Waals surface area (Å²) in [6.45, 7) is 0.467. The number of hydrogen-bond donors (Lipinski definition) is 0. The highest BCUT2D eigenvalue weighted by Crippen LogP contribution is 2.32. The maximum absolute atomic E-state index is 13.6. The van der Waals surface area contributed by atoms with Crippen LogP contribution in [0.2, 0.25) is 0 Å². The molecule has 0 radical (unpaired) electrons. The summed E-state index contributed by atoms with van der Waals surface area (Å²) in [6.07, 6.45) is -0.944. The monoisotopic (exact) mass is 419 g/mol. The Hall–Kier alpha value is -2.65. The number of imidazole rings is 1. The molecule has 3 aromatic heterocycles. The summed E-state index contributed by atoms with van der Waals surface area (Å²) < 4.78 is 33.5. The van der Waals surface area contributed by atoms with E-state index in [0.29, 0.717) is 21.6 Å². The fourth-order valence-corrected chi connectivity index (χ4v) is 4.58. The topological polar surface area (TPSA) is 57.0 Å². The highest BCUT2D eigenvalue weighted by Gasteiger charge is 2.26. The van der Waals surface area contributed by atoms with Gasteiger partial charge in [0, 0.05) is 10.9 Å². The normalized spacial score (nSPS) is 12.6. The Morgan fingerprint density at radius 2 is 2.00 bits per heavy atom. The summed E-state index contributed by atoms with van der Waals surface area (Å²) in [6, 6.07) is 8.51. The van der Waals surface area contributed by atoms with Crippen molar-refractivity contribution in [1.29, 1.82) is 0 Å². The van der Waals surface area contributed by atoms with Gasteiger partial charge in [-0.05, 0) is 37.4 Å². The Labute approximate surface area is 167 Å². The van der Waals surface area contributed by atoms with E-state index in [-0.39, 0.29) is 5.82 Å². The van der Waals surface area contributed by atoms with Gasteiger partial charge in [0.25, 0.3) is 0 Å². The van der Waals surface area contributed by atoms with Gasteiger partial charge in [0.15, 0.2) is 11.9 Å². The van der Waals surface area contributed by atoms with Crippen LogP contribution in [0.15, 0.2) is 41.1 Å². The number of carbonyl (C=O) groups is 1. The number of fused-ring (bicyclic) bond motifs is 1. The number of nitrogens with zero attached hydrogens (tertiary/aromatic N) is 3. The smallest absolute Gasteiger partial charge is 0.350 e. The van der Waals surface area contributed by atoms with Crippen LogP contribution in [0, 0.1) is 6.92 Å². The van der Waals surface area contributed by atoms with Gasteiger partial charge in [0.05, 0.1) is 16.7 Å². The van der Waals surface area contributed by atoms with Crippen molar-refractivity contribution in [3.63, 3.8) is 0 Å². The van der Waals surface area contributed by atoms with Crippen LogP contribution in [-0.2, 0) is 4.74 Å². The van der Waals surface area contributed by atoms with Crippen molar-refractivity contribution in [1.82, 2.24) is 14.5 Å². The third-order valence-electron chi connectivity index (χ3n) is 4.22. The van der Waals surface area contributed by atoms with Crippen LogP contribution in [0.1, 0.15) is 40.8 Å². The van der Waals surface area contributed by atoms with Crippen LogP contribution in [-0.4, -0.2) is 20.5 Å². The van der Waals surface area contributed by atoms with Gasteiger partial charge in [-0.15, -0.1) is 11.3 Å². The number of benzene rings is 1. The zero-order valence-electron chi connectivity index (χ0n) is 14.9. The van der Waals surface area contributed by atoms with Gasteiger partial charge >= 0.3 is 12.5 Å². The molecule has 0 aliphatic heterocycles. The minimum atomic E-state index is -2.79. The molecule has 3 heterocycles. The molecule has 0 bridgehead atoms. The number of ether oxygens (including phenoxy) is 1. The summed E-state index contributed by atoms with van der Waals surface area (Å²) in [5, 5.41) is 4.60. The van der Waals surface area contributed by atoms with E-state index in [1.807, 2.05) is 16.8 Å². The van der Waals surface area contributed by atoms with E-state index in [4.69, 9.17) is 4.74 Å². The number of carbonyl (C=O) groups excluding carboxylic acids is 1. The van der Waals surface area contributed by atoms with E-state index < -0.39 is 18.6 Å². The van der Waals surface area contributed by atoms with Gasteiger partial charge in [-0.1, -0.05) is 12.1 Å². The molecule has 0 amide bonds. The van der Waals surface area contributed by atoms with Crippen LogP contribution >= 0.6 is 22.7 Å². The summed E-state index contributed by atoms with van der Waals surface area (Å²) in [7, 11) is 0. The van der Waals surface area contributed by atoms with Crippen molar-refractivity contribution < 1.29 is 18.3 Å². The summed E-state index contributed by atoms with van der Waals surface area (Å²) in [5.41, 5.74) is 2.20. The zero-order valence-corrected chi connectivity index (χ0v) is 16.6. The standard InChI is InChI=1S/C19H15F2N3O2S2/c1-10-15(28-17(22-10)12-7-8-27-9-12)18(25)26-11(2)16-23-13-5-3-4-6-14(13)24(16)19(20)21/h3-9,11,19H,1-2H3. The molecule has 4 aromatic rings.